The molecule has 0 atom stereocenters. The van der Waals surface area contributed by atoms with Crippen LogP contribution < -0.4 is 0 Å². The molecule has 66 valence electrons. The van der Waals surface area contributed by atoms with Gasteiger partial charge in [0.05, 0.1) is 0 Å². The van der Waals surface area contributed by atoms with E-state index in [9.17, 15) is 4.39 Å². The molecule has 0 aromatic heterocycles. The van der Waals surface area contributed by atoms with E-state index in [2.05, 4.69) is 25.7 Å². The minimum absolute atomic E-state index is 0.198. The van der Waals surface area contributed by atoms with Crippen molar-refractivity contribution in [1.29, 1.82) is 0 Å². The van der Waals surface area contributed by atoms with E-state index in [-0.39, 0.29) is 6.67 Å². The Hall–Kier alpha value is -0.110. The van der Waals surface area contributed by atoms with Crippen molar-refractivity contribution in [3.8, 4) is 0 Å². The maximum absolute atomic E-state index is 11.8. The summed E-state index contributed by atoms with van der Waals surface area (Å²) >= 11 is 0. The number of alkyl halides is 1. The lowest BCUT2D eigenvalue weighted by atomic mass is 9.76. The van der Waals surface area contributed by atoms with Crippen molar-refractivity contribution in [2.24, 2.45) is 11.3 Å². The highest BCUT2D eigenvalue weighted by molar-refractivity contribution is 4.87. The summed E-state index contributed by atoms with van der Waals surface area (Å²) in [5.41, 5.74) is 0.410. The first kappa shape index (κ1) is 8.98. The van der Waals surface area contributed by atoms with Gasteiger partial charge in [-0.15, -0.1) is 0 Å². The molecule has 0 aromatic rings. The lowest BCUT2D eigenvalue weighted by Gasteiger charge is -2.46. The van der Waals surface area contributed by atoms with Crippen molar-refractivity contribution in [1.82, 2.24) is 4.90 Å². The molecule has 0 unspecified atom stereocenters. The summed E-state index contributed by atoms with van der Waals surface area (Å²) in [4.78, 5) is 2.18. The summed E-state index contributed by atoms with van der Waals surface area (Å²) in [5.74, 6) is 0.772. The highest BCUT2D eigenvalue weighted by Crippen LogP contribution is 2.33. The second kappa shape index (κ2) is 3.10. The third-order valence-corrected chi connectivity index (χ3v) is 2.58. The van der Waals surface area contributed by atoms with Gasteiger partial charge in [-0.05, 0) is 11.3 Å². The van der Waals surface area contributed by atoms with Gasteiger partial charge in [0.25, 0.3) is 0 Å². The Balaban J connectivity index is 2.19. The van der Waals surface area contributed by atoms with Crippen LogP contribution in [0.15, 0.2) is 0 Å². The van der Waals surface area contributed by atoms with Gasteiger partial charge in [-0.3, -0.25) is 0 Å². The number of halogens is 1. The van der Waals surface area contributed by atoms with Gasteiger partial charge in [0.2, 0.25) is 0 Å². The summed E-state index contributed by atoms with van der Waals surface area (Å²) in [6.45, 7) is 9.38. The van der Waals surface area contributed by atoms with Gasteiger partial charge in [-0.1, -0.05) is 20.8 Å². The van der Waals surface area contributed by atoms with Crippen LogP contribution in [0, 0.1) is 11.3 Å². The molecular formula is C9H18FN. The van der Waals surface area contributed by atoms with Crippen LogP contribution in [-0.2, 0) is 0 Å². The van der Waals surface area contributed by atoms with E-state index in [1.807, 2.05) is 0 Å². The van der Waals surface area contributed by atoms with Gasteiger partial charge in [0, 0.05) is 19.6 Å². The zero-order chi connectivity index (χ0) is 8.48. The number of rotatable bonds is 2. The third kappa shape index (κ3) is 2.16. The summed E-state index contributed by atoms with van der Waals surface area (Å²) in [6.07, 6.45) is 0. The fourth-order valence-electron chi connectivity index (χ4n) is 1.42. The van der Waals surface area contributed by atoms with Crippen LogP contribution in [0.5, 0.6) is 0 Å². The van der Waals surface area contributed by atoms with Crippen LogP contribution in [0.3, 0.4) is 0 Å². The molecule has 1 fully saturated rings. The monoisotopic (exact) mass is 159 g/mol. The Bertz CT molecular complexity index is 122. The maximum atomic E-state index is 11.8. The molecule has 1 saturated heterocycles. The molecule has 0 saturated carbocycles. The molecule has 0 radical (unpaired) electrons. The van der Waals surface area contributed by atoms with Gasteiger partial charge in [0.1, 0.15) is 6.67 Å². The van der Waals surface area contributed by atoms with Crippen molar-refractivity contribution < 1.29 is 4.39 Å². The third-order valence-electron chi connectivity index (χ3n) is 2.58. The van der Waals surface area contributed by atoms with Crippen LogP contribution in [0.2, 0.25) is 0 Å². The van der Waals surface area contributed by atoms with Crippen molar-refractivity contribution >= 4 is 0 Å². The molecule has 0 aromatic carbocycles. The molecule has 0 aliphatic carbocycles. The Morgan fingerprint density at radius 3 is 2.27 bits per heavy atom. The average Bonchev–Trinajstić information content (AvgIpc) is 1.74. The van der Waals surface area contributed by atoms with Crippen LogP contribution in [0.1, 0.15) is 20.8 Å². The molecule has 1 rings (SSSR count). The Kier molecular flexibility index (Phi) is 2.53. The number of likely N-dealkylation sites (tertiary alicyclic amines) is 1. The average molecular weight is 159 g/mol. The van der Waals surface area contributed by atoms with Gasteiger partial charge in [-0.25, -0.2) is 4.39 Å². The number of hydrogen-bond acceptors (Lipinski definition) is 1. The van der Waals surface area contributed by atoms with Crippen molar-refractivity contribution in [2.45, 2.75) is 20.8 Å². The molecule has 1 heterocycles. The predicted octanol–water partition coefficient (Wildman–Crippen LogP) is 1.93. The molecular weight excluding hydrogens is 141 g/mol. The maximum Gasteiger partial charge on any atom is 0.102 e. The Labute approximate surface area is 68.6 Å². The minimum atomic E-state index is -0.198. The number of hydrogen-bond donors (Lipinski definition) is 0. The molecule has 1 aliphatic heterocycles. The largest absolute Gasteiger partial charge is 0.300 e. The zero-order valence-corrected chi connectivity index (χ0v) is 7.73. The fourth-order valence-corrected chi connectivity index (χ4v) is 1.42. The molecule has 1 nitrogen and oxygen atoms in total. The van der Waals surface area contributed by atoms with Gasteiger partial charge < -0.3 is 4.90 Å². The highest BCUT2D eigenvalue weighted by atomic mass is 19.1. The lowest BCUT2D eigenvalue weighted by Crippen LogP contribution is -2.52. The Morgan fingerprint density at radius 2 is 1.91 bits per heavy atom. The van der Waals surface area contributed by atoms with Crippen molar-refractivity contribution in [3.63, 3.8) is 0 Å². The summed E-state index contributed by atoms with van der Waals surface area (Å²) in [7, 11) is 0. The number of nitrogens with zero attached hydrogens (tertiary/aromatic N) is 1. The fraction of sp³-hybridized carbons (Fsp3) is 1.00. The van der Waals surface area contributed by atoms with Crippen LogP contribution in [0.4, 0.5) is 4.39 Å². The topological polar surface area (TPSA) is 3.24 Å². The summed E-state index contributed by atoms with van der Waals surface area (Å²) in [6, 6.07) is 0. The summed E-state index contributed by atoms with van der Waals surface area (Å²) < 4.78 is 11.8. The highest BCUT2D eigenvalue weighted by Gasteiger charge is 2.34. The predicted molar refractivity (Wildman–Crippen MR) is 45.4 cm³/mol. The summed E-state index contributed by atoms with van der Waals surface area (Å²) in [5, 5.41) is 0. The zero-order valence-electron chi connectivity index (χ0n) is 7.73. The molecule has 0 amide bonds. The van der Waals surface area contributed by atoms with Crippen molar-refractivity contribution in [3.05, 3.63) is 0 Å². The normalized spacial score (nSPS) is 21.8. The van der Waals surface area contributed by atoms with Gasteiger partial charge in [0.15, 0.2) is 0 Å². The van der Waals surface area contributed by atoms with E-state index in [4.69, 9.17) is 0 Å². The lowest BCUT2D eigenvalue weighted by molar-refractivity contribution is 0.0213. The van der Waals surface area contributed by atoms with Crippen molar-refractivity contribution in [2.75, 3.05) is 26.3 Å². The molecule has 1 aliphatic rings. The molecule has 11 heavy (non-hydrogen) atoms. The SMILES string of the molecule is CC(C)(C)C1CN(CCF)C1. The first-order valence-corrected chi connectivity index (χ1v) is 4.32. The Morgan fingerprint density at radius 1 is 1.36 bits per heavy atom. The van der Waals surface area contributed by atoms with E-state index in [0.717, 1.165) is 19.0 Å². The standard InChI is InChI=1S/C9H18FN/c1-9(2,3)8-6-11(7-8)5-4-10/h8H,4-7H2,1-3H3. The first-order chi connectivity index (χ1) is 5.04. The molecule has 0 spiro atoms. The second-order valence-electron chi connectivity index (χ2n) is 4.51. The van der Waals surface area contributed by atoms with Gasteiger partial charge >= 0.3 is 0 Å². The van der Waals surface area contributed by atoms with Crippen LogP contribution in [-0.4, -0.2) is 31.2 Å². The molecule has 0 N–H and O–H groups in total. The first-order valence-electron chi connectivity index (χ1n) is 4.32. The quantitative estimate of drug-likeness (QED) is 0.595. The van der Waals surface area contributed by atoms with E-state index >= 15 is 0 Å². The van der Waals surface area contributed by atoms with Crippen LogP contribution in [0.25, 0.3) is 0 Å². The van der Waals surface area contributed by atoms with E-state index in [0.29, 0.717) is 12.0 Å². The molecule has 0 bridgehead atoms. The van der Waals surface area contributed by atoms with E-state index < -0.39 is 0 Å². The minimum Gasteiger partial charge on any atom is -0.300 e. The van der Waals surface area contributed by atoms with E-state index in [1.165, 1.54) is 0 Å². The van der Waals surface area contributed by atoms with Gasteiger partial charge in [-0.2, -0.15) is 0 Å². The smallest absolute Gasteiger partial charge is 0.102 e. The molecule has 2 heteroatoms. The van der Waals surface area contributed by atoms with E-state index in [1.54, 1.807) is 0 Å². The second-order valence-corrected chi connectivity index (χ2v) is 4.51. The van der Waals surface area contributed by atoms with Crippen LogP contribution >= 0.6 is 0 Å².